The summed E-state index contributed by atoms with van der Waals surface area (Å²) in [4.78, 5) is 62.1. The zero-order chi connectivity index (χ0) is 32.6. The number of amides is 4. The van der Waals surface area contributed by atoms with Crippen LogP contribution in [0.2, 0.25) is 0 Å². The fraction of sp³-hybridized carbons (Fsp3) is 0.500. The third kappa shape index (κ3) is 18.4. The molecule has 11 heteroatoms. The van der Waals surface area contributed by atoms with Crippen LogP contribution in [0.25, 0.3) is 6.08 Å². The highest BCUT2D eigenvalue weighted by Crippen LogP contribution is 2.18. The lowest BCUT2D eigenvalue weighted by molar-refractivity contribution is -0.153. The number of hydrogen-bond donors (Lipinski definition) is 4. The summed E-state index contributed by atoms with van der Waals surface area (Å²) in [5.74, 6) is -1.47. The molecule has 0 radical (unpaired) electrons. The number of esters is 1. The molecule has 5 N–H and O–H groups in total. The second kappa shape index (κ2) is 23.4. The van der Waals surface area contributed by atoms with Crippen LogP contribution in [-0.4, -0.2) is 64.5 Å². The molecule has 0 unspecified atom stereocenters. The van der Waals surface area contributed by atoms with Crippen molar-refractivity contribution in [2.24, 2.45) is 5.73 Å². The summed E-state index contributed by atoms with van der Waals surface area (Å²) < 4.78 is 5.08. The Kier molecular flexibility index (Phi) is 23.4. The largest absolute Gasteiger partial charge is 0.459 e. The van der Waals surface area contributed by atoms with E-state index < -0.39 is 35.6 Å². The number of hydrogen-bond acceptors (Lipinski definition) is 6. The summed E-state index contributed by atoms with van der Waals surface area (Å²) in [5.41, 5.74) is 5.19. The summed E-state index contributed by atoms with van der Waals surface area (Å²) in [5, 5.41) is 4.88. The highest BCUT2D eigenvalue weighted by Gasteiger charge is 2.36. The lowest BCUT2D eigenvalue weighted by Crippen LogP contribution is -2.54. The monoisotopic (exact) mass is 573 g/mol. The lowest BCUT2D eigenvalue weighted by Gasteiger charge is -2.27. The predicted molar refractivity (Wildman–Crippen MR) is 163 cm³/mol. The van der Waals surface area contributed by atoms with Gasteiger partial charge in [0.1, 0.15) is 24.2 Å². The van der Waals surface area contributed by atoms with Crippen LogP contribution in [0, 0.1) is 25.7 Å². The number of carbonyl (C=O) groups is 4. The Labute approximate surface area is 244 Å². The van der Waals surface area contributed by atoms with Crippen LogP contribution in [0.1, 0.15) is 72.8 Å². The lowest BCUT2D eigenvalue weighted by atomic mass is 10.1. The summed E-state index contributed by atoms with van der Waals surface area (Å²) in [7, 11) is 0. The van der Waals surface area contributed by atoms with Gasteiger partial charge in [-0.25, -0.2) is 4.79 Å². The zero-order valence-electron chi connectivity index (χ0n) is 25.2. The molecule has 228 valence electrons. The van der Waals surface area contributed by atoms with Gasteiger partial charge in [-0.1, -0.05) is 39.8 Å². The number of nitrogens with zero attached hydrogens (tertiary/aromatic N) is 1. The number of likely N-dealkylation sites (tertiary alicyclic amines) is 1. The van der Waals surface area contributed by atoms with Crippen molar-refractivity contribution in [2.45, 2.75) is 84.9 Å². The number of urea groups is 1. The van der Waals surface area contributed by atoms with Crippen LogP contribution in [0.3, 0.4) is 0 Å². The molecule has 0 saturated carbocycles. The number of primary amides is 1. The minimum absolute atomic E-state index is 0.0903. The number of rotatable bonds is 7. The van der Waals surface area contributed by atoms with Crippen LogP contribution < -0.4 is 21.9 Å². The normalized spacial score (nSPS) is 13.7. The number of terminal acetylenes is 2. The van der Waals surface area contributed by atoms with Crippen LogP contribution in [-0.2, 0) is 19.1 Å². The standard InChI is InChI=1S/C16H28N4O5.C7H7NO.C3H8.2C2H2/c1-5-10(14(23)20-8-6-7-11(20)13(17)22)19-15(24)18-9-12(21)25-16(2,3)4;1-2-6-4-3-5-8-7(6)9;1-3-2;2*1-2/h10-11H,5-9H2,1-4H3,(H2,17,22)(H2,18,19,24);2-5H,1H2,(H,8,9);3H2,1-2H3;2*1-2H/t10-,11-;;;;/m0..../s1. The molecule has 2 atom stereocenters. The van der Waals surface area contributed by atoms with Crippen molar-refractivity contribution in [3.63, 3.8) is 0 Å². The Morgan fingerprint density at radius 2 is 1.76 bits per heavy atom. The molecule has 0 aromatic carbocycles. The van der Waals surface area contributed by atoms with Gasteiger partial charge in [-0.05, 0) is 52.2 Å². The SMILES string of the molecule is C#C.C#C.C=Cc1ccc[nH]c1=O.CCC.CC[C@H](NC(=O)NCC(=O)OC(C)(C)C)C(=O)N1CCC[C@H]1C(N)=O. The van der Waals surface area contributed by atoms with E-state index in [4.69, 9.17) is 10.5 Å². The molecule has 0 aliphatic carbocycles. The van der Waals surface area contributed by atoms with Gasteiger partial charge in [0.15, 0.2) is 0 Å². The smallest absolute Gasteiger partial charge is 0.325 e. The molecule has 1 aliphatic rings. The van der Waals surface area contributed by atoms with Crippen molar-refractivity contribution >= 4 is 29.9 Å². The maximum Gasteiger partial charge on any atom is 0.325 e. The molecule has 41 heavy (non-hydrogen) atoms. The fourth-order valence-corrected chi connectivity index (χ4v) is 3.20. The quantitative estimate of drug-likeness (QED) is 0.289. The maximum absolute atomic E-state index is 12.5. The number of ether oxygens (including phenoxy) is 1. The molecule has 1 aromatic rings. The van der Waals surface area contributed by atoms with Crippen LogP contribution in [0.5, 0.6) is 0 Å². The molecule has 11 nitrogen and oxygen atoms in total. The van der Waals surface area contributed by atoms with Crippen molar-refractivity contribution < 1.29 is 23.9 Å². The molecular weight excluding hydrogens is 526 g/mol. The summed E-state index contributed by atoms with van der Waals surface area (Å²) in [6.45, 7) is 14.8. The van der Waals surface area contributed by atoms with E-state index in [0.717, 1.165) is 0 Å². The van der Waals surface area contributed by atoms with E-state index in [-0.39, 0.29) is 18.0 Å². The molecule has 1 aliphatic heterocycles. The summed E-state index contributed by atoms with van der Waals surface area (Å²) >= 11 is 0. The fourth-order valence-electron chi connectivity index (χ4n) is 3.20. The number of nitrogens with one attached hydrogen (secondary N) is 3. The van der Waals surface area contributed by atoms with Gasteiger partial charge in [0.25, 0.3) is 5.56 Å². The van der Waals surface area contributed by atoms with Crippen molar-refractivity contribution in [3.05, 3.63) is 40.8 Å². The highest BCUT2D eigenvalue weighted by atomic mass is 16.6. The number of carbonyl (C=O) groups excluding carboxylic acids is 4. The average molecular weight is 574 g/mol. The van der Waals surface area contributed by atoms with Crippen LogP contribution >= 0.6 is 0 Å². The molecule has 2 rings (SSSR count). The Morgan fingerprint density at radius 1 is 1.20 bits per heavy atom. The molecule has 0 bridgehead atoms. The first-order chi connectivity index (χ1) is 19.3. The topological polar surface area (TPSA) is 164 Å². The highest BCUT2D eigenvalue weighted by molar-refractivity contribution is 5.92. The zero-order valence-corrected chi connectivity index (χ0v) is 25.2. The maximum atomic E-state index is 12.5. The number of H-pyrrole nitrogens is 1. The van der Waals surface area contributed by atoms with Gasteiger partial charge in [0.05, 0.1) is 0 Å². The van der Waals surface area contributed by atoms with Gasteiger partial charge in [0.2, 0.25) is 11.8 Å². The molecule has 1 saturated heterocycles. The first-order valence-electron chi connectivity index (χ1n) is 13.1. The average Bonchev–Trinajstić information content (AvgIpc) is 3.43. The van der Waals surface area contributed by atoms with E-state index >= 15 is 0 Å². The minimum atomic E-state index is -0.793. The number of aromatic amines is 1. The number of aromatic nitrogens is 1. The van der Waals surface area contributed by atoms with Gasteiger partial charge in [0, 0.05) is 18.3 Å². The second-order valence-corrected chi connectivity index (χ2v) is 9.33. The first kappa shape index (κ1) is 41.0. The number of nitrogens with two attached hydrogens (primary N) is 1. The van der Waals surface area contributed by atoms with Gasteiger partial charge < -0.3 is 31.0 Å². The molecule has 2 heterocycles. The molecular formula is C30H47N5O6. The van der Waals surface area contributed by atoms with E-state index in [2.05, 4.69) is 61.7 Å². The Bertz CT molecular complexity index is 1030. The Morgan fingerprint density at radius 3 is 2.17 bits per heavy atom. The molecule has 0 spiro atoms. The Balaban J connectivity index is -0.000000740. The second-order valence-electron chi connectivity index (χ2n) is 9.33. The van der Waals surface area contributed by atoms with E-state index in [0.29, 0.717) is 31.4 Å². The summed E-state index contributed by atoms with van der Waals surface area (Å²) in [6.07, 6.45) is 21.9. The van der Waals surface area contributed by atoms with Crippen LogP contribution in [0.4, 0.5) is 4.79 Å². The van der Waals surface area contributed by atoms with Gasteiger partial charge in [-0.15, -0.1) is 25.7 Å². The van der Waals surface area contributed by atoms with Gasteiger partial charge in [-0.2, -0.15) is 0 Å². The van der Waals surface area contributed by atoms with Crippen molar-refractivity contribution in [1.82, 2.24) is 20.5 Å². The molecule has 4 amide bonds. The van der Waals surface area contributed by atoms with Gasteiger partial charge in [-0.3, -0.25) is 19.2 Å². The van der Waals surface area contributed by atoms with E-state index in [1.165, 1.54) is 17.4 Å². The van der Waals surface area contributed by atoms with Crippen molar-refractivity contribution in [2.75, 3.05) is 13.1 Å². The van der Waals surface area contributed by atoms with E-state index in [1.807, 2.05) is 0 Å². The van der Waals surface area contributed by atoms with Crippen molar-refractivity contribution in [1.29, 1.82) is 0 Å². The van der Waals surface area contributed by atoms with E-state index in [1.54, 1.807) is 46.0 Å². The van der Waals surface area contributed by atoms with Crippen LogP contribution in [0.15, 0.2) is 29.7 Å². The molecule has 1 aromatic heterocycles. The van der Waals surface area contributed by atoms with Gasteiger partial charge >= 0.3 is 12.0 Å². The third-order valence-corrected chi connectivity index (χ3v) is 4.76. The first-order valence-corrected chi connectivity index (χ1v) is 13.1. The predicted octanol–water partition coefficient (Wildman–Crippen LogP) is 2.82. The minimum Gasteiger partial charge on any atom is -0.459 e. The van der Waals surface area contributed by atoms with E-state index in [9.17, 15) is 24.0 Å². The molecule has 1 fully saturated rings. The Hall–Kier alpha value is -4.51. The van der Waals surface area contributed by atoms with Crippen molar-refractivity contribution in [3.8, 4) is 25.7 Å². The third-order valence-electron chi connectivity index (χ3n) is 4.76. The number of pyridine rings is 1. The summed E-state index contributed by atoms with van der Waals surface area (Å²) in [6, 6.07) is 1.40.